The third-order valence-corrected chi connectivity index (χ3v) is 4.91. The van der Waals surface area contributed by atoms with Crippen LogP contribution in [0.15, 0.2) is 48.7 Å². The van der Waals surface area contributed by atoms with E-state index in [1.165, 1.54) is 9.36 Å². The fourth-order valence-electron chi connectivity index (χ4n) is 3.19. The van der Waals surface area contributed by atoms with Crippen LogP contribution >= 0.6 is 0 Å². The highest BCUT2D eigenvalue weighted by Gasteiger charge is 2.37. The fraction of sp³-hybridized carbons (Fsp3) is 0.381. The fourth-order valence-corrected chi connectivity index (χ4v) is 3.19. The van der Waals surface area contributed by atoms with E-state index in [2.05, 4.69) is 15.5 Å². The predicted molar refractivity (Wildman–Crippen MR) is 105 cm³/mol. The van der Waals surface area contributed by atoms with Crippen molar-refractivity contribution < 1.29 is 22.7 Å². The van der Waals surface area contributed by atoms with Crippen LogP contribution in [0.25, 0.3) is 0 Å². The summed E-state index contributed by atoms with van der Waals surface area (Å²) in [6.07, 6.45) is -0.580. The van der Waals surface area contributed by atoms with Crippen LogP contribution in [0.3, 0.4) is 0 Å². The molecule has 0 unspecified atom stereocenters. The van der Waals surface area contributed by atoms with Crippen molar-refractivity contribution in [1.82, 2.24) is 24.9 Å². The Bertz CT molecular complexity index is 1030. The zero-order valence-electron chi connectivity index (χ0n) is 16.7. The van der Waals surface area contributed by atoms with Crippen molar-refractivity contribution in [3.8, 4) is 5.75 Å². The topological polar surface area (TPSA) is 74.0 Å². The van der Waals surface area contributed by atoms with Crippen molar-refractivity contribution in [3.63, 3.8) is 0 Å². The summed E-state index contributed by atoms with van der Waals surface area (Å²) in [6.45, 7) is 0.779. The van der Waals surface area contributed by atoms with Crippen LogP contribution in [0.4, 0.5) is 13.2 Å². The van der Waals surface area contributed by atoms with Crippen LogP contribution in [0, 0.1) is 0 Å². The lowest BCUT2D eigenvalue weighted by molar-refractivity contribution is -0.141. The average Bonchev–Trinajstić information content (AvgIpc) is 3.31. The minimum atomic E-state index is -4.45. The second kappa shape index (κ2) is 8.83. The SMILES string of the molecule is O=C(NCCCn1nc(C(F)(F)F)cc1C1CC1)c1ccn(COc2ccccc2)n1. The highest BCUT2D eigenvalue weighted by molar-refractivity contribution is 5.92. The van der Waals surface area contributed by atoms with Gasteiger partial charge in [-0.1, -0.05) is 18.2 Å². The first-order valence-electron chi connectivity index (χ1n) is 10.0. The van der Waals surface area contributed by atoms with E-state index in [1.54, 1.807) is 12.3 Å². The van der Waals surface area contributed by atoms with Gasteiger partial charge in [0.1, 0.15) is 11.4 Å². The van der Waals surface area contributed by atoms with E-state index in [1.807, 2.05) is 30.3 Å². The highest BCUT2D eigenvalue weighted by Crippen LogP contribution is 2.42. The van der Waals surface area contributed by atoms with E-state index in [0.717, 1.165) is 18.9 Å². The predicted octanol–water partition coefficient (Wildman–Crippen LogP) is 3.83. The molecule has 0 radical (unpaired) electrons. The van der Waals surface area contributed by atoms with E-state index in [4.69, 9.17) is 4.74 Å². The molecule has 1 aromatic carbocycles. The molecule has 31 heavy (non-hydrogen) atoms. The Morgan fingerprint density at radius 2 is 1.94 bits per heavy atom. The van der Waals surface area contributed by atoms with Crippen LogP contribution in [0.5, 0.6) is 5.75 Å². The van der Waals surface area contributed by atoms with Gasteiger partial charge in [0, 0.05) is 30.9 Å². The monoisotopic (exact) mass is 433 g/mol. The van der Waals surface area contributed by atoms with Gasteiger partial charge in [-0.3, -0.25) is 9.48 Å². The number of alkyl halides is 3. The van der Waals surface area contributed by atoms with Crippen LogP contribution in [0.1, 0.15) is 47.1 Å². The number of aryl methyl sites for hydroxylation is 1. The number of amides is 1. The molecular formula is C21H22F3N5O2. The van der Waals surface area contributed by atoms with E-state index in [-0.39, 0.29) is 24.2 Å². The number of benzene rings is 1. The van der Waals surface area contributed by atoms with E-state index in [0.29, 0.717) is 31.0 Å². The summed E-state index contributed by atoms with van der Waals surface area (Å²) in [5.41, 5.74) is 0.00582. The Kier molecular flexibility index (Phi) is 5.97. The number of hydrogen-bond donors (Lipinski definition) is 1. The molecular weight excluding hydrogens is 411 g/mol. The molecule has 2 heterocycles. The molecule has 4 rings (SSSR count). The summed E-state index contributed by atoms with van der Waals surface area (Å²) in [5.74, 6) is 0.499. The van der Waals surface area contributed by atoms with Crippen molar-refractivity contribution in [1.29, 1.82) is 0 Å². The molecule has 0 aliphatic heterocycles. The number of halogens is 3. The van der Waals surface area contributed by atoms with Gasteiger partial charge in [0.05, 0.1) is 0 Å². The van der Waals surface area contributed by atoms with Gasteiger partial charge in [-0.2, -0.15) is 23.4 Å². The first kappa shape index (κ1) is 21.0. The molecule has 1 aliphatic rings. The molecule has 3 aromatic rings. The Hall–Kier alpha value is -3.30. The molecule has 1 aliphatic carbocycles. The van der Waals surface area contributed by atoms with Gasteiger partial charge in [-0.15, -0.1) is 0 Å². The summed E-state index contributed by atoms with van der Waals surface area (Å²) in [7, 11) is 0. The number of nitrogens with one attached hydrogen (secondary N) is 1. The Labute approximate surface area is 176 Å². The van der Waals surface area contributed by atoms with Crippen molar-refractivity contribution >= 4 is 5.91 Å². The number of aromatic nitrogens is 4. The normalized spacial score (nSPS) is 13.9. The molecule has 0 bridgehead atoms. The molecule has 10 heteroatoms. The van der Waals surface area contributed by atoms with Crippen LogP contribution in [-0.4, -0.2) is 32.0 Å². The number of hydrogen-bond acceptors (Lipinski definition) is 4. The standard InChI is InChI=1S/C21H22F3N5O2/c22-21(23,24)19-13-18(15-7-8-15)29(27-19)11-4-10-25-20(30)17-9-12-28(26-17)14-31-16-5-2-1-3-6-16/h1-3,5-6,9,12-13,15H,4,7-8,10-11,14H2,(H,25,30). The quantitative estimate of drug-likeness (QED) is 0.521. The molecule has 0 atom stereocenters. The summed E-state index contributed by atoms with van der Waals surface area (Å²) >= 11 is 0. The minimum Gasteiger partial charge on any atom is -0.471 e. The summed E-state index contributed by atoms with van der Waals surface area (Å²) in [4.78, 5) is 12.3. The van der Waals surface area contributed by atoms with Crippen LogP contribution < -0.4 is 10.1 Å². The van der Waals surface area contributed by atoms with Gasteiger partial charge in [0.25, 0.3) is 5.91 Å². The highest BCUT2D eigenvalue weighted by atomic mass is 19.4. The van der Waals surface area contributed by atoms with Crippen molar-refractivity contribution in [2.24, 2.45) is 0 Å². The number of para-hydroxylation sites is 1. The number of nitrogens with zero attached hydrogens (tertiary/aromatic N) is 4. The number of carbonyl (C=O) groups excluding carboxylic acids is 1. The maximum Gasteiger partial charge on any atom is 0.435 e. The molecule has 1 saturated carbocycles. The lowest BCUT2D eigenvalue weighted by Gasteiger charge is -2.08. The largest absolute Gasteiger partial charge is 0.471 e. The Morgan fingerprint density at radius 3 is 2.65 bits per heavy atom. The molecule has 1 N–H and O–H groups in total. The van der Waals surface area contributed by atoms with Crippen LogP contribution in [0.2, 0.25) is 0 Å². The van der Waals surface area contributed by atoms with Crippen molar-refractivity contribution in [2.45, 2.75) is 44.6 Å². The summed E-state index contributed by atoms with van der Waals surface area (Å²) in [6, 6.07) is 12.0. The zero-order valence-corrected chi connectivity index (χ0v) is 16.7. The maximum absolute atomic E-state index is 12.9. The van der Waals surface area contributed by atoms with Crippen LogP contribution in [-0.2, 0) is 19.5 Å². The Balaban J connectivity index is 1.25. The smallest absolute Gasteiger partial charge is 0.435 e. The zero-order chi connectivity index (χ0) is 21.8. The minimum absolute atomic E-state index is 0.153. The molecule has 0 saturated heterocycles. The van der Waals surface area contributed by atoms with Crippen molar-refractivity contribution in [3.05, 3.63) is 65.7 Å². The Morgan fingerprint density at radius 1 is 1.16 bits per heavy atom. The maximum atomic E-state index is 12.9. The first-order valence-corrected chi connectivity index (χ1v) is 10.0. The molecule has 2 aromatic heterocycles. The summed E-state index contributed by atoms with van der Waals surface area (Å²) in [5, 5.41) is 10.6. The van der Waals surface area contributed by atoms with E-state index >= 15 is 0 Å². The van der Waals surface area contributed by atoms with Gasteiger partial charge in [0.15, 0.2) is 12.4 Å². The first-order chi connectivity index (χ1) is 14.9. The number of ether oxygens (including phenoxy) is 1. The van der Waals surface area contributed by atoms with Gasteiger partial charge in [-0.25, -0.2) is 4.68 Å². The second-order valence-electron chi connectivity index (χ2n) is 7.39. The molecule has 164 valence electrons. The van der Waals surface area contributed by atoms with Gasteiger partial charge >= 0.3 is 6.18 Å². The molecule has 1 fully saturated rings. The van der Waals surface area contributed by atoms with Gasteiger partial charge in [0.2, 0.25) is 0 Å². The van der Waals surface area contributed by atoms with Crippen molar-refractivity contribution in [2.75, 3.05) is 6.54 Å². The molecule has 7 nitrogen and oxygen atoms in total. The molecule has 0 spiro atoms. The van der Waals surface area contributed by atoms with Gasteiger partial charge < -0.3 is 10.1 Å². The lowest BCUT2D eigenvalue weighted by Crippen LogP contribution is -2.26. The lowest BCUT2D eigenvalue weighted by atomic mass is 10.2. The molecule has 1 amide bonds. The van der Waals surface area contributed by atoms with E-state index < -0.39 is 11.9 Å². The average molecular weight is 433 g/mol. The number of carbonyl (C=O) groups is 1. The third-order valence-electron chi connectivity index (χ3n) is 4.91. The second-order valence-corrected chi connectivity index (χ2v) is 7.39. The summed E-state index contributed by atoms with van der Waals surface area (Å²) < 4.78 is 47.3. The van der Waals surface area contributed by atoms with Gasteiger partial charge in [-0.05, 0) is 43.5 Å². The van der Waals surface area contributed by atoms with E-state index in [9.17, 15) is 18.0 Å². The third kappa shape index (κ3) is 5.44. The number of rotatable bonds is 9.